The molecule has 1 unspecified atom stereocenters. The molecule has 28 heavy (non-hydrogen) atoms. The highest BCUT2D eigenvalue weighted by molar-refractivity contribution is 5.94. The lowest BCUT2D eigenvalue weighted by Crippen LogP contribution is -2.57. The lowest BCUT2D eigenvalue weighted by atomic mass is 9.84. The standard InChI is InChI=1S/C21H24N4O3/c1-14(26)22-19-3-2-4-20(24-19)28-17-7-5-16(6-8-17)21(27)23-18-13-25-11-9-15(18)10-12-25/h2-8,15,18H,9-13H2,1H3,(H,23,27)(H,22,24,26). The van der Waals surface area contributed by atoms with E-state index in [1.807, 2.05) is 0 Å². The van der Waals surface area contributed by atoms with Gasteiger partial charge in [0.25, 0.3) is 5.91 Å². The van der Waals surface area contributed by atoms with E-state index in [2.05, 4.69) is 20.5 Å². The van der Waals surface area contributed by atoms with Crippen LogP contribution in [0.1, 0.15) is 30.1 Å². The van der Waals surface area contributed by atoms with E-state index >= 15 is 0 Å². The fourth-order valence-corrected chi connectivity index (χ4v) is 3.90. The highest BCUT2D eigenvalue weighted by atomic mass is 16.5. The van der Waals surface area contributed by atoms with Crippen molar-refractivity contribution in [3.05, 3.63) is 48.0 Å². The minimum atomic E-state index is -0.192. The lowest BCUT2D eigenvalue weighted by molar-refractivity contribution is -0.114. The first-order valence-electron chi connectivity index (χ1n) is 9.62. The summed E-state index contributed by atoms with van der Waals surface area (Å²) in [5, 5.41) is 5.81. The minimum absolute atomic E-state index is 0.0453. The molecule has 0 saturated carbocycles. The number of carbonyl (C=O) groups excluding carboxylic acids is 2. The third kappa shape index (κ3) is 4.31. The van der Waals surface area contributed by atoms with Gasteiger partial charge in [-0.25, -0.2) is 0 Å². The SMILES string of the molecule is CC(=O)Nc1cccc(Oc2ccc(C(=O)NC3CN4CCC3CC4)cc2)n1. The molecule has 7 heteroatoms. The molecular weight excluding hydrogens is 356 g/mol. The highest BCUT2D eigenvalue weighted by Crippen LogP contribution is 2.28. The molecule has 1 aromatic carbocycles. The summed E-state index contributed by atoms with van der Waals surface area (Å²) in [4.78, 5) is 30.4. The number of nitrogens with zero attached hydrogens (tertiary/aromatic N) is 2. The number of hydrogen-bond acceptors (Lipinski definition) is 5. The maximum absolute atomic E-state index is 12.6. The largest absolute Gasteiger partial charge is 0.439 e. The summed E-state index contributed by atoms with van der Waals surface area (Å²) < 4.78 is 5.72. The smallest absolute Gasteiger partial charge is 0.251 e. The van der Waals surface area contributed by atoms with Crippen molar-refractivity contribution < 1.29 is 14.3 Å². The van der Waals surface area contributed by atoms with Crippen molar-refractivity contribution >= 4 is 17.6 Å². The van der Waals surface area contributed by atoms with Gasteiger partial charge in [0.2, 0.25) is 11.8 Å². The van der Waals surface area contributed by atoms with Crippen LogP contribution >= 0.6 is 0 Å². The molecule has 2 N–H and O–H groups in total. The second kappa shape index (κ2) is 7.98. The number of pyridine rings is 1. The van der Waals surface area contributed by atoms with E-state index in [9.17, 15) is 9.59 Å². The van der Waals surface area contributed by atoms with E-state index in [0.717, 1.165) is 19.6 Å². The Morgan fingerprint density at radius 1 is 1.11 bits per heavy atom. The first-order valence-corrected chi connectivity index (χ1v) is 9.62. The van der Waals surface area contributed by atoms with Crippen LogP contribution in [-0.4, -0.2) is 47.4 Å². The normalized spacial score (nSPS) is 23.1. The average Bonchev–Trinajstić information content (AvgIpc) is 2.69. The van der Waals surface area contributed by atoms with Crippen molar-refractivity contribution in [3.8, 4) is 11.6 Å². The number of aromatic nitrogens is 1. The fraction of sp³-hybridized carbons (Fsp3) is 0.381. The van der Waals surface area contributed by atoms with Crippen molar-refractivity contribution in [2.75, 3.05) is 25.0 Å². The molecule has 2 amide bonds. The summed E-state index contributed by atoms with van der Waals surface area (Å²) in [6.45, 7) is 4.68. The Hall–Kier alpha value is -2.93. The van der Waals surface area contributed by atoms with Crippen LogP contribution in [0.3, 0.4) is 0 Å². The van der Waals surface area contributed by atoms with Crippen LogP contribution in [0.15, 0.2) is 42.5 Å². The predicted octanol–water partition coefficient (Wildman–Crippen LogP) is 2.66. The van der Waals surface area contributed by atoms with E-state index in [4.69, 9.17) is 4.74 Å². The number of nitrogens with one attached hydrogen (secondary N) is 2. The Labute approximate surface area is 164 Å². The first kappa shape index (κ1) is 18.4. The predicted molar refractivity (Wildman–Crippen MR) is 105 cm³/mol. The van der Waals surface area contributed by atoms with Gasteiger partial charge in [-0.15, -0.1) is 0 Å². The van der Waals surface area contributed by atoms with Crippen molar-refractivity contribution in [2.24, 2.45) is 5.92 Å². The number of rotatable bonds is 5. The minimum Gasteiger partial charge on any atom is -0.439 e. The Bertz CT molecular complexity index is 860. The zero-order chi connectivity index (χ0) is 19.5. The summed E-state index contributed by atoms with van der Waals surface area (Å²) in [6, 6.07) is 12.4. The van der Waals surface area contributed by atoms with Crippen LogP contribution in [0.4, 0.5) is 5.82 Å². The van der Waals surface area contributed by atoms with Gasteiger partial charge in [0.15, 0.2) is 0 Å². The van der Waals surface area contributed by atoms with Gasteiger partial charge < -0.3 is 20.3 Å². The van der Waals surface area contributed by atoms with Crippen LogP contribution in [0.2, 0.25) is 0 Å². The van der Waals surface area contributed by atoms with Gasteiger partial charge in [-0.2, -0.15) is 4.98 Å². The van der Waals surface area contributed by atoms with E-state index in [-0.39, 0.29) is 17.9 Å². The number of hydrogen-bond donors (Lipinski definition) is 2. The van der Waals surface area contributed by atoms with Crippen LogP contribution < -0.4 is 15.4 Å². The first-order chi connectivity index (χ1) is 13.6. The van der Waals surface area contributed by atoms with Crippen LogP contribution in [0.25, 0.3) is 0 Å². The fourth-order valence-electron chi connectivity index (χ4n) is 3.90. The number of benzene rings is 1. The average molecular weight is 380 g/mol. The van der Waals surface area contributed by atoms with Crippen molar-refractivity contribution in [2.45, 2.75) is 25.8 Å². The molecule has 5 rings (SSSR count). The maximum Gasteiger partial charge on any atom is 0.251 e. The monoisotopic (exact) mass is 380 g/mol. The zero-order valence-corrected chi connectivity index (χ0v) is 15.9. The number of fused-ring (bicyclic) bond motifs is 3. The number of ether oxygens (including phenoxy) is 1. The van der Waals surface area contributed by atoms with Gasteiger partial charge in [-0.1, -0.05) is 6.07 Å². The van der Waals surface area contributed by atoms with Crippen molar-refractivity contribution in [3.63, 3.8) is 0 Å². The molecule has 1 atom stereocenters. The molecule has 3 aliphatic rings. The molecule has 0 aliphatic carbocycles. The molecule has 4 heterocycles. The third-order valence-corrected chi connectivity index (χ3v) is 5.34. The summed E-state index contributed by atoms with van der Waals surface area (Å²) in [5.74, 6) is 1.73. The number of piperidine rings is 3. The molecule has 3 saturated heterocycles. The molecule has 7 nitrogen and oxygen atoms in total. The Balaban J connectivity index is 1.37. The molecule has 3 fully saturated rings. The second-order valence-electron chi connectivity index (χ2n) is 7.39. The molecule has 0 radical (unpaired) electrons. The zero-order valence-electron chi connectivity index (χ0n) is 15.9. The molecule has 2 bridgehead atoms. The van der Waals surface area contributed by atoms with E-state index in [1.165, 1.54) is 19.8 Å². The molecule has 2 aromatic rings. The van der Waals surface area contributed by atoms with Gasteiger partial charge in [0.05, 0.1) is 0 Å². The quantitative estimate of drug-likeness (QED) is 0.833. The topological polar surface area (TPSA) is 83.6 Å². The Kier molecular flexibility index (Phi) is 5.25. The van der Waals surface area contributed by atoms with Crippen LogP contribution in [0.5, 0.6) is 11.6 Å². The maximum atomic E-state index is 12.6. The van der Waals surface area contributed by atoms with Gasteiger partial charge in [0.1, 0.15) is 11.6 Å². The summed E-state index contributed by atoms with van der Waals surface area (Å²) in [6.07, 6.45) is 2.34. The van der Waals surface area contributed by atoms with Crippen molar-refractivity contribution in [1.29, 1.82) is 0 Å². The van der Waals surface area contributed by atoms with Crippen LogP contribution in [0, 0.1) is 5.92 Å². The molecule has 0 spiro atoms. The number of carbonyl (C=O) groups is 2. The van der Waals surface area contributed by atoms with E-state index in [1.54, 1.807) is 42.5 Å². The number of anilines is 1. The summed E-state index contributed by atoms with van der Waals surface area (Å²) in [5.41, 5.74) is 0.615. The van der Waals surface area contributed by atoms with Crippen molar-refractivity contribution in [1.82, 2.24) is 15.2 Å². The van der Waals surface area contributed by atoms with Gasteiger partial charge >= 0.3 is 0 Å². The van der Waals surface area contributed by atoms with E-state index in [0.29, 0.717) is 28.9 Å². The third-order valence-electron chi connectivity index (χ3n) is 5.34. The highest BCUT2D eigenvalue weighted by Gasteiger charge is 2.34. The van der Waals surface area contributed by atoms with Gasteiger partial charge in [-0.3, -0.25) is 9.59 Å². The lowest BCUT2D eigenvalue weighted by Gasteiger charge is -2.44. The second-order valence-corrected chi connectivity index (χ2v) is 7.39. The molecular formula is C21H24N4O3. The summed E-state index contributed by atoms with van der Waals surface area (Å²) in [7, 11) is 0. The van der Waals surface area contributed by atoms with Crippen LogP contribution in [-0.2, 0) is 4.79 Å². The number of amides is 2. The van der Waals surface area contributed by atoms with E-state index < -0.39 is 0 Å². The summed E-state index contributed by atoms with van der Waals surface area (Å²) >= 11 is 0. The van der Waals surface area contributed by atoms with Gasteiger partial charge in [-0.05, 0) is 62.2 Å². The Morgan fingerprint density at radius 2 is 1.86 bits per heavy atom. The molecule has 1 aromatic heterocycles. The van der Waals surface area contributed by atoms with Gasteiger partial charge in [0, 0.05) is 31.1 Å². The molecule has 3 aliphatic heterocycles. The Morgan fingerprint density at radius 3 is 2.50 bits per heavy atom. The molecule has 146 valence electrons.